The zero-order valence-corrected chi connectivity index (χ0v) is 12.2. The maximum Gasteiger partial charge on any atom is 0.313 e. The Kier molecular flexibility index (Phi) is 5.48. The Morgan fingerprint density at radius 3 is 2.50 bits per heavy atom. The Bertz CT molecular complexity index is 627. The van der Waals surface area contributed by atoms with Crippen molar-refractivity contribution in [3.63, 3.8) is 0 Å². The van der Waals surface area contributed by atoms with Gasteiger partial charge < -0.3 is 15.4 Å². The molecule has 1 aromatic carbocycles. The van der Waals surface area contributed by atoms with E-state index in [-0.39, 0.29) is 0 Å². The van der Waals surface area contributed by atoms with Crippen LogP contribution in [0.25, 0.3) is 0 Å². The fourth-order valence-electron chi connectivity index (χ4n) is 1.79. The Hall–Kier alpha value is -2.89. The fourth-order valence-corrected chi connectivity index (χ4v) is 1.79. The normalized spacial score (nSPS) is 9.86. The van der Waals surface area contributed by atoms with E-state index in [1.807, 2.05) is 18.2 Å². The summed E-state index contributed by atoms with van der Waals surface area (Å²) >= 11 is 0. The molecule has 0 bridgehead atoms. The molecule has 0 aliphatic carbocycles. The number of anilines is 1. The molecule has 2 aromatic rings. The van der Waals surface area contributed by atoms with Crippen LogP contribution < -0.4 is 15.4 Å². The summed E-state index contributed by atoms with van der Waals surface area (Å²) in [6.07, 6.45) is 2.26. The van der Waals surface area contributed by atoms with Crippen molar-refractivity contribution >= 4 is 17.5 Å². The van der Waals surface area contributed by atoms with Crippen molar-refractivity contribution in [3.05, 3.63) is 54.4 Å². The van der Waals surface area contributed by atoms with Crippen molar-refractivity contribution in [2.45, 2.75) is 6.42 Å². The van der Waals surface area contributed by atoms with Gasteiger partial charge in [-0.1, -0.05) is 6.07 Å². The number of hydrogen-bond donors (Lipinski definition) is 2. The van der Waals surface area contributed by atoms with E-state index >= 15 is 0 Å². The number of carbonyl (C=O) groups excluding carboxylic acids is 2. The third kappa shape index (κ3) is 4.59. The minimum absolute atomic E-state index is 0.353. The Morgan fingerprint density at radius 1 is 1.09 bits per heavy atom. The average Bonchev–Trinajstić information content (AvgIpc) is 2.56. The van der Waals surface area contributed by atoms with Crippen molar-refractivity contribution in [3.8, 4) is 5.75 Å². The quantitative estimate of drug-likeness (QED) is 0.818. The second-order valence-corrected chi connectivity index (χ2v) is 4.51. The van der Waals surface area contributed by atoms with Gasteiger partial charge in [0, 0.05) is 30.5 Å². The van der Waals surface area contributed by atoms with Gasteiger partial charge in [0.05, 0.1) is 7.11 Å². The number of hydrogen-bond acceptors (Lipinski definition) is 4. The number of carbonyl (C=O) groups is 2. The topological polar surface area (TPSA) is 80.3 Å². The summed E-state index contributed by atoms with van der Waals surface area (Å²) in [6.45, 7) is 0.353. The fraction of sp³-hybridized carbons (Fsp3) is 0.188. The van der Waals surface area contributed by atoms with Crippen LogP contribution in [0.15, 0.2) is 48.7 Å². The van der Waals surface area contributed by atoms with Crippen molar-refractivity contribution < 1.29 is 14.3 Å². The van der Waals surface area contributed by atoms with Gasteiger partial charge in [0.25, 0.3) is 0 Å². The summed E-state index contributed by atoms with van der Waals surface area (Å²) in [5, 5.41) is 5.08. The van der Waals surface area contributed by atoms with Crippen molar-refractivity contribution in [2.24, 2.45) is 0 Å². The predicted octanol–water partition coefficient (Wildman–Crippen LogP) is 1.39. The molecule has 1 heterocycles. The summed E-state index contributed by atoms with van der Waals surface area (Å²) in [6, 6.07) is 12.3. The van der Waals surface area contributed by atoms with Gasteiger partial charge in [0.1, 0.15) is 5.75 Å². The number of nitrogens with zero attached hydrogens (tertiary/aromatic N) is 1. The maximum absolute atomic E-state index is 11.7. The first-order chi connectivity index (χ1) is 10.7. The van der Waals surface area contributed by atoms with Crippen LogP contribution in [-0.4, -0.2) is 30.5 Å². The van der Waals surface area contributed by atoms with E-state index in [1.54, 1.807) is 37.6 Å². The summed E-state index contributed by atoms with van der Waals surface area (Å²) in [4.78, 5) is 27.6. The van der Waals surface area contributed by atoms with Crippen molar-refractivity contribution in [2.75, 3.05) is 19.0 Å². The highest BCUT2D eigenvalue weighted by Crippen LogP contribution is 2.14. The second-order valence-electron chi connectivity index (χ2n) is 4.51. The van der Waals surface area contributed by atoms with E-state index < -0.39 is 11.8 Å². The minimum atomic E-state index is -0.703. The number of amides is 2. The van der Waals surface area contributed by atoms with Crippen LogP contribution in [0.5, 0.6) is 5.75 Å². The molecular weight excluding hydrogens is 282 g/mol. The molecule has 2 rings (SSSR count). The highest BCUT2D eigenvalue weighted by molar-refractivity contribution is 6.39. The Labute approximate surface area is 128 Å². The van der Waals surface area contributed by atoms with Crippen molar-refractivity contribution in [1.29, 1.82) is 0 Å². The van der Waals surface area contributed by atoms with E-state index in [1.165, 1.54) is 0 Å². The molecule has 0 aliphatic heterocycles. The maximum atomic E-state index is 11.7. The predicted molar refractivity (Wildman–Crippen MR) is 82.6 cm³/mol. The lowest BCUT2D eigenvalue weighted by molar-refractivity contribution is -0.136. The van der Waals surface area contributed by atoms with Crippen LogP contribution in [0.2, 0.25) is 0 Å². The number of nitrogens with one attached hydrogen (secondary N) is 2. The largest absolute Gasteiger partial charge is 0.497 e. The molecule has 114 valence electrons. The molecular formula is C16H17N3O3. The van der Waals surface area contributed by atoms with Crippen molar-refractivity contribution in [1.82, 2.24) is 10.3 Å². The lowest BCUT2D eigenvalue weighted by Crippen LogP contribution is -2.36. The third-order valence-electron chi connectivity index (χ3n) is 2.95. The number of ether oxygens (including phenoxy) is 1. The number of methoxy groups -OCH3 is 1. The first-order valence-electron chi connectivity index (χ1n) is 6.82. The Morgan fingerprint density at radius 2 is 1.86 bits per heavy atom. The van der Waals surface area contributed by atoms with Crippen LogP contribution in [0, 0.1) is 0 Å². The molecule has 0 spiro atoms. The molecule has 0 saturated carbocycles. The van der Waals surface area contributed by atoms with Gasteiger partial charge in [-0.15, -0.1) is 0 Å². The van der Waals surface area contributed by atoms with E-state index in [9.17, 15) is 9.59 Å². The molecule has 2 amide bonds. The summed E-state index contributed by atoms with van der Waals surface area (Å²) in [7, 11) is 1.56. The molecule has 0 radical (unpaired) electrons. The number of rotatable bonds is 5. The highest BCUT2D eigenvalue weighted by Gasteiger charge is 2.13. The van der Waals surface area contributed by atoms with Crippen LogP contribution in [0.4, 0.5) is 5.69 Å². The molecule has 6 nitrogen and oxygen atoms in total. The van der Waals surface area contributed by atoms with E-state index in [4.69, 9.17) is 4.74 Å². The van der Waals surface area contributed by atoms with E-state index in [0.717, 1.165) is 5.69 Å². The first-order valence-corrected chi connectivity index (χ1v) is 6.82. The van der Waals surface area contributed by atoms with Gasteiger partial charge in [-0.3, -0.25) is 14.6 Å². The monoisotopic (exact) mass is 299 g/mol. The minimum Gasteiger partial charge on any atom is -0.497 e. The smallest absolute Gasteiger partial charge is 0.313 e. The van der Waals surface area contributed by atoms with Crippen LogP contribution in [0.1, 0.15) is 5.69 Å². The molecule has 22 heavy (non-hydrogen) atoms. The summed E-state index contributed by atoms with van der Waals surface area (Å²) in [5.41, 5.74) is 1.39. The number of aromatic nitrogens is 1. The molecule has 0 atom stereocenters. The molecule has 0 fully saturated rings. The van der Waals surface area contributed by atoms with Crippen LogP contribution in [-0.2, 0) is 16.0 Å². The standard InChI is InChI=1S/C16H17N3O3/c1-22-14-7-5-13(6-8-14)19-16(21)15(20)18-11-9-12-4-2-3-10-17-12/h2-8,10H,9,11H2,1H3,(H,18,20)(H,19,21). The lowest BCUT2D eigenvalue weighted by atomic mass is 10.2. The van der Waals surface area contributed by atoms with E-state index in [0.29, 0.717) is 24.4 Å². The van der Waals surface area contributed by atoms with Gasteiger partial charge in [0.15, 0.2) is 0 Å². The first kappa shape index (κ1) is 15.5. The van der Waals surface area contributed by atoms with E-state index in [2.05, 4.69) is 15.6 Å². The summed E-state index contributed by atoms with van der Waals surface area (Å²) in [5.74, 6) is -0.698. The van der Waals surface area contributed by atoms with Gasteiger partial charge in [-0.25, -0.2) is 0 Å². The third-order valence-corrected chi connectivity index (χ3v) is 2.95. The second kappa shape index (κ2) is 7.78. The molecule has 0 aliphatic rings. The molecule has 6 heteroatoms. The zero-order valence-electron chi connectivity index (χ0n) is 12.2. The molecule has 0 saturated heterocycles. The SMILES string of the molecule is COc1ccc(NC(=O)C(=O)NCCc2ccccn2)cc1. The molecule has 1 aromatic heterocycles. The zero-order chi connectivity index (χ0) is 15.8. The van der Waals surface area contributed by atoms with Gasteiger partial charge in [0.2, 0.25) is 0 Å². The van der Waals surface area contributed by atoms with Gasteiger partial charge in [-0.2, -0.15) is 0 Å². The number of benzene rings is 1. The van der Waals surface area contributed by atoms with Crippen LogP contribution >= 0.6 is 0 Å². The van der Waals surface area contributed by atoms with Gasteiger partial charge in [-0.05, 0) is 36.4 Å². The summed E-state index contributed by atoms with van der Waals surface area (Å²) < 4.78 is 5.02. The highest BCUT2D eigenvalue weighted by atomic mass is 16.5. The average molecular weight is 299 g/mol. The molecule has 2 N–H and O–H groups in total. The lowest BCUT2D eigenvalue weighted by Gasteiger charge is -2.07. The Balaban J connectivity index is 1.78. The number of pyridine rings is 1. The van der Waals surface area contributed by atoms with Crippen LogP contribution in [0.3, 0.4) is 0 Å². The van der Waals surface area contributed by atoms with Gasteiger partial charge >= 0.3 is 11.8 Å². The molecule has 0 unspecified atom stereocenters.